The van der Waals surface area contributed by atoms with Crippen LogP contribution in [0.5, 0.6) is 0 Å². The molecule has 0 saturated carbocycles. The van der Waals surface area contributed by atoms with Crippen molar-refractivity contribution in [2.24, 2.45) is 0 Å². The standard InChI is InChI=1S/C22H20FN3S2.CO2/c1-14(2)27-21-20(16-8-5-4-6-9-16)24-22(28-21)26-13-19(15(3)25-26)17-10-7-11-18(23)12-17;2-1-3/h4-14H,1-3H3;. The van der Waals surface area contributed by atoms with Gasteiger partial charge in [-0.2, -0.15) is 14.7 Å². The Morgan fingerprint density at radius 3 is 2.39 bits per heavy atom. The molecule has 0 bridgehead atoms. The molecule has 0 aliphatic heterocycles. The Balaban J connectivity index is 0.000000858. The fourth-order valence-electron chi connectivity index (χ4n) is 2.96. The van der Waals surface area contributed by atoms with Crippen molar-refractivity contribution in [1.29, 1.82) is 0 Å². The molecule has 0 saturated heterocycles. The number of thiazole rings is 1. The first-order chi connectivity index (χ1) is 14.9. The summed E-state index contributed by atoms with van der Waals surface area (Å²) >= 11 is 3.44. The number of thioether (sulfide) groups is 1. The van der Waals surface area contributed by atoms with E-state index in [0.717, 1.165) is 33.2 Å². The van der Waals surface area contributed by atoms with E-state index in [0.29, 0.717) is 5.25 Å². The third kappa shape index (κ3) is 5.55. The van der Waals surface area contributed by atoms with Gasteiger partial charge in [-0.15, -0.1) is 11.8 Å². The van der Waals surface area contributed by atoms with Crippen LogP contribution in [0.1, 0.15) is 19.5 Å². The van der Waals surface area contributed by atoms with E-state index >= 15 is 0 Å². The molecular formula is C23H20FN3O2S2. The number of aromatic nitrogens is 3. The third-order valence-corrected chi connectivity index (χ3v) is 6.46. The van der Waals surface area contributed by atoms with Crippen molar-refractivity contribution in [3.05, 3.63) is 72.3 Å². The normalized spacial score (nSPS) is 10.5. The lowest BCUT2D eigenvalue weighted by atomic mass is 10.1. The molecule has 0 radical (unpaired) electrons. The van der Waals surface area contributed by atoms with Crippen LogP contribution in [-0.4, -0.2) is 26.2 Å². The fraction of sp³-hybridized carbons (Fsp3) is 0.174. The van der Waals surface area contributed by atoms with Gasteiger partial charge in [0.15, 0.2) is 0 Å². The van der Waals surface area contributed by atoms with Crippen molar-refractivity contribution >= 4 is 29.3 Å². The molecule has 0 aliphatic carbocycles. The number of benzene rings is 2. The summed E-state index contributed by atoms with van der Waals surface area (Å²) in [5.74, 6) is -0.249. The number of halogens is 1. The van der Waals surface area contributed by atoms with Gasteiger partial charge in [0, 0.05) is 22.6 Å². The van der Waals surface area contributed by atoms with Gasteiger partial charge < -0.3 is 0 Å². The smallest absolute Gasteiger partial charge is 0.217 e. The quantitative estimate of drug-likeness (QED) is 0.345. The molecule has 5 nitrogen and oxygen atoms in total. The Labute approximate surface area is 188 Å². The lowest BCUT2D eigenvalue weighted by molar-refractivity contribution is -0.191. The zero-order valence-corrected chi connectivity index (χ0v) is 18.8. The van der Waals surface area contributed by atoms with E-state index in [9.17, 15) is 4.39 Å². The largest absolute Gasteiger partial charge is 0.373 e. The first kappa shape index (κ1) is 22.6. The third-order valence-electron chi connectivity index (χ3n) is 4.21. The van der Waals surface area contributed by atoms with Gasteiger partial charge >= 0.3 is 6.15 Å². The summed E-state index contributed by atoms with van der Waals surface area (Å²) in [6, 6.07) is 16.8. The Hall–Kier alpha value is -3.06. The number of hydrogen-bond donors (Lipinski definition) is 0. The predicted molar refractivity (Wildman–Crippen MR) is 121 cm³/mol. The highest BCUT2D eigenvalue weighted by Gasteiger charge is 2.18. The highest BCUT2D eigenvalue weighted by atomic mass is 32.2. The summed E-state index contributed by atoms with van der Waals surface area (Å²) in [6.07, 6.45) is 2.18. The van der Waals surface area contributed by atoms with Crippen LogP contribution in [0.4, 0.5) is 4.39 Å². The maximum absolute atomic E-state index is 13.6. The SMILES string of the molecule is Cc1nn(-c2nc(-c3ccccc3)c(SC(C)C)s2)cc1-c1cccc(F)c1.O=C=O. The average molecular weight is 454 g/mol. The van der Waals surface area contributed by atoms with Crippen molar-refractivity contribution in [2.45, 2.75) is 30.2 Å². The Morgan fingerprint density at radius 2 is 1.74 bits per heavy atom. The zero-order chi connectivity index (χ0) is 22.4. The number of carbonyl (C=O) groups excluding carboxylic acids is 2. The van der Waals surface area contributed by atoms with Crippen LogP contribution in [0.2, 0.25) is 0 Å². The molecule has 0 atom stereocenters. The van der Waals surface area contributed by atoms with E-state index in [1.165, 1.54) is 16.3 Å². The van der Waals surface area contributed by atoms with Crippen molar-refractivity contribution in [1.82, 2.24) is 14.8 Å². The zero-order valence-electron chi connectivity index (χ0n) is 17.2. The molecule has 2 aromatic heterocycles. The van der Waals surface area contributed by atoms with E-state index in [1.54, 1.807) is 22.1 Å². The van der Waals surface area contributed by atoms with Crippen LogP contribution >= 0.6 is 23.1 Å². The number of nitrogens with zero attached hydrogens (tertiary/aromatic N) is 3. The summed E-state index contributed by atoms with van der Waals surface area (Å²) in [7, 11) is 0. The molecule has 4 rings (SSSR count). The van der Waals surface area contributed by atoms with E-state index in [2.05, 4.69) is 31.1 Å². The summed E-state index contributed by atoms with van der Waals surface area (Å²) < 4.78 is 16.6. The fourth-order valence-corrected chi connectivity index (χ4v) is 5.41. The minimum Gasteiger partial charge on any atom is -0.217 e. The van der Waals surface area contributed by atoms with Gasteiger partial charge in [0.05, 0.1) is 15.6 Å². The molecule has 0 amide bonds. The van der Waals surface area contributed by atoms with Gasteiger partial charge in [-0.25, -0.2) is 14.1 Å². The van der Waals surface area contributed by atoms with Crippen molar-refractivity contribution < 1.29 is 14.0 Å². The number of aryl methyl sites for hydroxylation is 1. The van der Waals surface area contributed by atoms with Gasteiger partial charge in [-0.3, -0.25) is 0 Å². The van der Waals surface area contributed by atoms with E-state index in [4.69, 9.17) is 14.6 Å². The van der Waals surface area contributed by atoms with E-state index in [1.807, 2.05) is 49.1 Å². The first-order valence-electron chi connectivity index (χ1n) is 9.47. The monoisotopic (exact) mass is 453 g/mol. The number of hydrogen-bond acceptors (Lipinski definition) is 6. The van der Waals surface area contributed by atoms with E-state index in [-0.39, 0.29) is 12.0 Å². The summed E-state index contributed by atoms with van der Waals surface area (Å²) in [4.78, 5) is 21.1. The maximum atomic E-state index is 13.6. The maximum Gasteiger partial charge on any atom is 0.373 e. The van der Waals surface area contributed by atoms with Gasteiger partial charge in [0.2, 0.25) is 5.13 Å². The minimum absolute atomic E-state index is 0.249. The molecule has 0 fully saturated rings. The molecule has 0 aliphatic rings. The highest BCUT2D eigenvalue weighted by Crippen LogP contribution is 2.39. The van der Waals surface area contributed by atoms with Gasteiger partial charge in [-0.05, 0) is 24.6 Å². The van der Waals surface area contributed by atoms with Crippen molar-refractivity contribution in [3.8, 4) is 27.5 Å². The van der Waals surface area contributed by atoms with Crippen molar-refractivity contribution in [2.75, 3.05) is 0 Å². The molecule has 0 N–H and O–H groups in total. The topological polar surface area (TPSA) is 64.8 Å². The molecule has 0 spiro atoms. The first-order valence-corrected chi connectivity index (χ1v) is 11.2. The minimum atomic E-state index is -0.249. The number of rotatable bonds is 5. The lowest BCUT2D eigenvalue weighted by Crippen LogP contribution is -1.93. The van der Waals surface area contributed by atoms with E-state index < -0.39 is 0 Å². The molecule has 158 valence electrons. The lowest BCUT2D eigenvalue weighted by Gasteiger charge is -2.04. The summed E-state index contributed by atoms with van der Waals surface area (Å²) in [5, 5.41) is 5.92. The molecule has 2 aromatic carbocycles. The van der Waals surface area contributed by atoms with Crippen LogP contribution in [0.15, 0.2) is 65.0 Å². The second-order valence-corrected chi connectivity index (χ2v) is 9.65. The summed E-state index contributed by atoms with van der Waals surface area (Å²) in [6.45, 7) is 6.30. The predicted octanol–water partition coefficient (Wildman–Crippen LogP) is 6.03. The van der Waals surface area contributed by atoms with Gasteiger partial charge in [0.1, 0.15) is 5.82 Å². The molecule has 31 heavy (non-hydrogen) atoms. The van der Waals surface area contributed by atoms with Gasteiger partial charge in [-0.1, -0.05) is 67.6 Å². The second kappa shape index (κ2) is 10.3. The second-order valence-electron chi connectivity index (χ2n) is 6.83. The van der Waals surface area contributed by atoms with Crippen molar-refractivity contribution in [3.63, 3.8) is 0 Å². The molecule has 8 heteroatoms. The Kier molecular flexibility index (Phi) is 7.52. The average Bonchev–Trinajstić information content (AvgIpc) is 3.32. The van der Waals surface area contributed by atoms with Crippen LogP contribution in [0, 0.1) is 12.7 Å². The summed E-state index contributed by atoms with van der Waals surface area (Å²) in [5.41, 5.74) is 4.66. The van der Waals surface area contributed by atoms with Crippen LogP contribution in [0.25, 0.3) is 27.5 Å². The highest BCUT2D eigenvalue weighted by molar-refractivity contribution is 8.01. The van der Waals surface area contributed by atoms with Crippen LogP contribution < -0.4 is 0 Å². The molecule has 4 aromatic rings. The molecule has 2 heterocycles. The van der Waals surface area contributed by atoms with Crippen LogP contribution in [0.3, 0.4) is 0 Å². The van der Waals surface area contributed by atoms with Gasteiger partial charge in [0.25, 0.3) is 0 Å². The molecule has 0 unspecified atom stereocenters. The molecular weight excluding hydrogens is 433 g/mol. The Bertz CT molecular complexity index is 1200. The Morgan fingerprint density at radius 1 is 1.06 bits per heavy atom. The van der Waals surface area contributed by atoms with Crippen LogP contribution in [-0.2, 0) is 9.59 Å².